The Morgan fingerprint density at radius 2 is 1.37 bits per heavy atom. The Bertz CT molecular complexity index is 1800. The molecular weight excluding hydrogens is 586 g/mol. The summed E-state index contributed by atoms with van der Waals surface area (Å²) >= 11 is 0. The van der Waals surface area contributed by atoms with Crippen molar-refractivity contribution in [3.63, 3.8) is 0 Å². The molecule has 0 radical (unpaired) electrons. The molecule has 0 N–H and O–H groups in total. The third-order valence-electron chi connectivity index (χ3n) is 8.97. The van der Waals surface area contributed by atoms with Gasteiger partial charge in [-0.15, -0.1) is 0 Å². The second kappa shape index (κ2) is 11.3. The first kappa shape index (κ1) is 30.9. The number of ether oxygens (including phenoxy) is 1. The zero-order valence-corrected chi connectivity index (χ0v) is 26.2. The van der Waals surface area contributed by atoms with Gasteiger partial charge in [-0.05, 0) is 53.0 Å². The van der Waals surface area contributed by atoms with Crippen molar-refractivity contribution >= 4 is 22.9 Å². The van der Waals surface area contributed by atoms with E-state index in [1.165, 1.54) is 6.07 Å². The maximum Gasteiger partial charge on any atom is 0.318 e. The summed E-state index contributed by atoms with van der Waals surface area (Å²) in [5.74, 6) is -0.542. The van der Waals surface area contributed by atoms with Crippen LogP contribution in [-0.2, 0) is 16.1 Å². The molecule has 236 valence electrons. The van der Waals surface area contributed by atoms with Crippen LogP contribution in [0.4, 0.5) is 11.4 Å². The van der Waals surface area contributed by atoms with Crippen LogP contribution in [0.5, 0.6) is 11.5 Å². The van der Waals surface area contributed by atoms with Crippen LogP contribution < -0.4 is 4.74 Å². The van der Waals surface area contributed by atoms with Gasteiger partial charge in [-0.1, -0.05) is 70.2 Å². The van der Waals surface area contributed by atoms with E-state index in [-0.39, 0.29) is 33.9 Å². The molecule has 0 saturated heterocycles. The Labute approximate surface area is 266 Å². The average Bonchev–Trinajstić information content (AvgIpc) is 2.97. The minimum absolute atomic E-state index is 0.00387. The number of hydrogen-bond acceptors (Lipinski definition) is 8. The molecule has 0 fully saturated rings. The molecule has 6 rings (SSSR count). The van der Waals surface area contributed by atoms with Gasteiger partial charge in [0.2, 0.25) is 5.75 Å². The first-order chi connectivity index (χ1) is 21.7. The van der Waals surface area contributed by atoms with E-state index in [1.807, 2.05) is 24.3 Å². The molecule has 0 saturated carbocycles. The van der Waals surface area contributed by atoms with E-state index in [0.29, 0.717) is 48.9 Å². The molecule has 0 unspecified atom stereocenters. The van der Waals surface area contributed by atoms with Crippen LogP contribution in [-0.4, -0.2) is 26.3 Å². The second-order valence-electron chi connectivity index (χ2n) is 13.9. The number of nitrogens with zero attached hydrogens (tertiary/aromatic N) is 3. The average molecular weight is 622 g/mol. The smallest absolute Gasteiger partial charge is 0.318 e. The number of hydrogen-bond donors (Lipinski definition) is 0. The van der Waals surface area contributed by atoms with Gasteiger partial charge in [0.15, 0.2) is 11.6 Å². The molecule has 0 aromatic heterocycles. The number of carbonyl (C=O) groups is 2. The molecule has 0 atom stereocenters. The number of carbonyl (C=O) groups excluding carboxylic acids is 2. The summed E-state index contributed by atoms with van der Waals surface area (Å²) in [6.07, 6.45) is 2.01. The fourth-order valence-corrected chi connectivity index (χ4v) is 7.07. The van der Waals surface area contributed by atoms with Crippen LogP contribution in [0.25, 0.3) is 0 Å². The highest BCUT2D eigenvalue weighted by atomic mass is 16.6. The molecule has 2 aliphatic carbocycles. The zero-order chi connectivity index (χ0) is 33.0. The number of rotatable bonds is 7. The van der Waals surface area contributed by atoms with Crippen molar-refractivity contribution in [2.45, 2.75) is 65.8 Å². The van der Waals surface area contributed by atoms with Gasteiger partial charge in [-0.25, -0.2) is 0 Å². The SMILES string of the molecule is CC1(C)CC(=O)C2=C(C1)N(Cc1ccccc1)C1=C(C(=O)CC(C)(C)C1)C2c1cccc(Oc2ccc([N+](=O)[O-])cc2[N+](=O)[O-])c1. The van der Waals surface area contributed by atoms with E-state index in [1.54, 1.807) is 18.2 Å². The van der Waals surface area contributed by atoms with Crippen LogP contribution in [0.3, 0.4) is 0 Å². The van der Waals surface area contributed by atoms with Crippen molar-refractivity contribution in [2.24, 2.45) is 10.8 Å². The van der Waals surface area contributed by atoms with Crippen molar-refractivity contribution < 1.29 is 24.2 Å². The van der Waals surface area contributed by atoms with Gasteiger partial charge in [-0.2, -0.15) is 0 Å². The van der Waals surface area contributed by atoms with Crippen molar-refractivity contribution in [1.29, 1.82) is 0 Å². The van der Waals surface area contributed by atoms with Crippen LogP contribution in [0.15, 0.2) is 95.3 Å². The van der Waals surface area contributed by atoms with Crippen LogP contribution >= 0.6 is 0 Å². The molecule has 0 amide bonds. The summed E-state index contributed by atoms with van der Waals surface area (Å²) in [6, 6.07) is 20.2. The highest BCUT2D eigenvalue weighted by Gasteiger charge is 2.49. The molecule has 10 nitrogen and oxygen atoms in total. The number of ketones is 2. The molecule has 3 aliphatic rings. The number of benzene rings is 3. The summed E-state index contributed by atoms with van der Waals surface area (Å²) in [5, 5.41) is 23.0. The topological polar surface area (TPSA) is 133 Å². The standard InChI is InChI=1S/C36H35N3O7/c1-35(2)17-27-33(29(40)19-35)32(34-28(18-36(3,4)20-30(34)41)37(27)21-22-9-6-5-7-10-22)23-11-8-12-25(15-23)46-31-14-13-24(38(42)43)16-26(31)39(44)45/h5-16,32H,17-21H2,1-4H3. The lowest BCUT2D eigenvalue weighted by atomic mass is 9.63. The quantitative estimate of drug-likeness (QED) is 0.190. The molecule has 46 heavy (non-hydrogen) atoms. The Morgan fingerprint density at radius 1 is 0.761 bits per heavy atom. The monoisotopic (exact) mass is 621 g/mol. The van der Waals surface area contributed by atoms with Gasteiger partial charge in [0.1, 0.15) is 5.75 Å². The molecule has 0 bridgehead atoms. The predicted molar refractivity (Wildman–Crippen MR) is 171 cm³/mol. The summed E-state index contributed by atoms with van der Waals surface area (Å²) in [6.45, 7) is 8.90. The molecule has 0 spiro atoms. The minimum atomic E-state index is -0.728. The van der Waals surface area contributed by atoms with Crippen LogP contribution in [0, 0.1) is 31.1 Å². The van der Waals surface area contributed by atoms with E-state index in [0.717, 1.165) is 29.1 Å². The van der Waals surface area contributed by atoms with Gasteiger partial charge in [0.25, 0.3) is 5.69 Å². The largest absolute Gasteiger partial charge is 0.450 e. The van der Waals surface area contributed by atoms with E-state index in [2.05, 4.69) is 44.7 Å². The normalized spacial score (nSPS) is 19.1. The minimum Gasteiger partial charge on any atom is -0.450 e. The highest BCUT2D eigenvalue weighted by Crippen LogP contribution is 2.55. The highest BCUT2D eigenvalue weighted by molar-refractivity contribution is 6.06. The fraction of sp³-hybridized carbons (Fsp3) is 0.333. The van der Waals surface area contributed by atoms with E-state index in [9.17, 15) is 29.8 Å². The van der Waals surface area contributed by atoms with Gasteiger partial charge in [0.05, 0.1) is 15.9 Å². The first-order valence-electron chi connectivity index (χ1n) is 15.3. The summed E-state index contributed by atoms with van der Waals surface area (Å²) in [5.41, 5.74) is 3.30. The van der Waals surface area contributed by atoms with Gasteiger partial charge in [0, 0.05) is 53.9 Å². The Hall–Kier alpha value is -5.12. The summed E-state index contributed by atoms with van der Waals surface area (Å²) < 4.78 is 5.95. The first-order valence-corrected chi connectivity index (χ1v) is 15.3. The molecule has 10 heteroatoms. The third-order valence-corrected chi connectivity index (χ3v) is 8.97. The van der Waals surface area contributed by atoms with Gasteiger partial charge < -0.3 is 9.64 Å². The Kier molecular flexibility index (Phi) is 7.62. The second-order valence-corrected chi connectivity index (χ2v) is 13.9. The number of Topliss-reactive ketones (excluding diaryl/α,β-unsaturated/α-hetero) is 2. The molecule has 1 aliphatic heterocycles. The van der Waals surface area contributed by atoms with Crippen LogP contribution in [0.1, 0.15) is 70.4 Å². The molecule has 3 aromatic rings. The Balaban J connectivity index is 1.50. The lowest BCUT2D eigenvalue weighted by Crippen LogP contribution is -2.44. The van der Waals surface area contributed by atoms with E-state index < -0.39 is 27.1 Å². The Morgan fingerprint density at radius 3 is 1.93 bits per heavy atom. The van der Waals surface area contributed by atoms with Crippen molar-refractivity contribution in [3.8, 4) is 11.5 Å². The molecular formula is C36H35N3O7. The lowest BCUT2D eigenvalue weighted by Gasteiger charge is -2.49. The number of non-ortho nitro benzene ring substituents is 1. The molecule has 1 heterocycles. The lowest BCUT2D eigenvalue weighted by molar-refractivity contribution is -0.394. The van der Waals surface area contributed by atoms with E-state index in [4.69, 9.17) is 4.74 Å². The summed E-state index contributed by atoms with van der Waals surface area (Å²) in [4.78, 5) is 52.1. The predicted octanol–water partition coefficient (Wildman–Crippen LogP) is 8.18. The summed E-state index contributed by atoms with van der Waals surface area (Å²) in [7, 11) is 0. The fourth-order valence-electron chi connectivity index (χ4n) is 7.07. The van der Waals surface area contributed by atoms with E-state index >= 15 is 0 Å². The number of allylic oxidation sites excluding steroid dienone is 4. The molecule has 3 aromatic carbocycles. The maximum absolute atomic E-state index is 14.1. The third kappa shape index (κ3) is 5.82. The van der Waals surface area contributed by atoms with Gasteiger partial charge >= 0.3 is 5.69 Å². The zero-order valence-electron chi connectivity index (χ0n) is 26.2. The van der Waals surface area contributed by atoms with Gasteiger partial charge in [-0.3, -0.25) is 29.8 Å². The van der Waals surface area contributed by atoms with Crippen molar-refractivity contribution in [3.05, 3.63) is 127 Å². The van der Waals surface area contributed by atoms with Crippen molar-refractivity contribution in [2.75, 3.05) is 0 Å². The van der Waals surface area contributed by atoms with Crippen LogP contribution in [0.2, 0.25) is 0 Å². The maximum atomic E-state index is 14.1. The number of nitro benzene ring substituents is 2. The number of nitro groups is 2. The van der Waals surface area contributed by atoms with Crippen molar-refractivity contribution in [1.82, 2.24) is 4.90 Å².